The summed E-state index contributed by atoms with van der Waals surface area (Å²) in [4.78, 5) is 9.55. The summed E-state index contributed by atoms with van der Waals surface area (Å²) in [6, 6.07) is 1.92. The van der Waals surface area contributed by atoms with Crippen LogP contribution in [-0.4, -0.2) is 49.8 Å². The number of aromatic amines is 1. The summed E-state index contributed by atoms with van der Waals surface area (Å²) >= 11 is 0. The van der Waals surface area contributed by atoms with E-state index < -0.39 is 5.60 Å². The lowest BCUT2D eigenvalue weighted by Crippen LogP contribution is -2.35. The van der Waals surface area contributed by atoms with Crippen LogP contribution in [0.3, 0.4) is 0 Å². The molecular formula is C20H25N7O2. The fraction of sp³-hybridized carbons (Fsp3) is 0.400. The highest BCUT2D eigenvalue weighted by atomic mass is 16.5. The molecule has 0 amide bonds. The first kappa shape index (κ1) is 19.1. The molecule has 29 heavy (non-hydrogen) atoms. The minimum atomic E-state index is -0.511. The molecule has 1 aliphatic rings. The number of hydrogen-bond acceptors (Lipinski definition) is 7. The molecule has 0 saturated carbocycles. The van der Waals surface area contributed by atoms with Gasteiger partial charge in [0.1, 0.15) is 17.2 Å². The van der Waals surface area contributed by atoms with Crippen LogP contribution >= 0.6 is 0 Å². The largest absolute Gasteiger partial charge is 0.499 e. The Labute approximate surface area is 168 Å². The van der Waals surface area contributed by atoms with E-state index in [1.54, 1.807) is 25.1 Å². The van der Waals surface area contributed by atoms with Gasteiger partial charge in [-0.2, -0.15) is 10.2 Å². The Hall–Kier alpha value is -3.20. The number of H-pyrrole nitrogens is 1. The minimum Gasteiger partial charge on any atom is -0.499 e. The van der Waals surface area contributed by atoms with Gasteiger partial charge in [-0.1, -0.05) is 12.7 Å². The summed E-state index contributed by atoms with van der Waals surface area (Å²) in [6.07, 6.45) is 6.02. The van der Waals surface area contributed by atoms with E-state index in [1.165, 1.54) is 0 Å². The highest BCUT2D eigenvalue weighted by Gasteiger charge is 2.36. The van der Waals surface area contributed by atoms with Crippen molar-refractivity contribution in [1.29, 1.82) is 0 Å². The second-order valence-corrected chi connectivity index (χ2v) is 7.22. The van der Waals surface area contributed by atoms with Crippen LogP contribution in [-0.2, 0) is 16.5 Å². The van der Waals surface area contributed by atoms with Gasteiger partial charge in [0.05, 0.1) is 18.7 Å². The van der Waals surface area contributed by atoms with Crippen molar-refractivity contribution in [2.45, 2.75) is 31.8 Å². The molecule has 0 saturated heterocycles. The van der Waals surface area contributed by atoms with E-state index >= 15 is 0 Å². The topological polar surface area (TPSA) is 103 Å². The molecule has 1 aliphatic carbocycles. The van der Waals surface area contributed by atoms with Crippen LogP contribution in [0, 0.1) is 6.92 Å². The van der Waals surface area contributed by atoms with E-state index in [2.05, 4.69) is 33.3 Å². The average molecular weight is 395 g/mol. The summed E-state index contributed by atoms with van der Waals surface area (Å²) in [7, 11) is 5.18. The molecule has 2 N–H and O–H groups in total. The maximum absolute atomic E-state index is 5.75. The first-order valence-electron chi connectivity index (χ1n) is 9.42. The van der Waals surface area contributed by atoms with Crippen molar-refractivity contribution in [3.63, 3.8) is 0 Å². The van der Waals surface area contributed by atoms with E-state index in [9.17, 15) is 0 Å². The zero-order chi connectivity index (χ0) is 20.6. The molecule has 0 aromatic carbocycles. The lowest BCUT2D eigenvalue weighted by Gasteiger charge is -2.35. The van der Waals surface area contributed by atoms with Crippen molar-refractivity contribution in [1.82, 2.24) is 29.9 Å². The third-order valence-corrected chi connectivity index (χ3v) is 5.45. The smallest absolute Gasteiger partial charge is 0.163 e. The van der Waals surface area contributed by atoms with Gasteiger partial charge in [-0.3, -0.25) is 9.78 Å². The Bertz CT molecular complexity index is 1100. The number of allylic oxidation sites excluding steroid dienone is 1. The third-order valence-electron chi connectivity index (χ3n) is 5.45. The van der Waals surface area contributed by atoms with Crippen LogP contribution < -0.4 is 5.32 Å². The first-order valence-corrected chi connectivity index (χ1v) is 9.42. The van der Waals surface area contributed by atoms with E-state index in [0.717, 1.165) is 35.1 Å². The van der Waals surface area contributed by atoms with Crippen LogP contribution in [0.25, 0.3) is 16.6 Å². The monoisotopic (exact) mass is 395 g/mol. The van der Waals surface area contributed by atoms with Crippen LogP contribution in [0.4, 0.5) is 11.6 Å². The van der Waals surface area contributed by atoms with Gasteiger partial charge in [-0.05, 0) is 25.3 Å². The summed E-state index contributed by atoms with van der Waals surface area (Å²) in [6.45, 7) is 5.96. The van der Waals surface area contributed by atoms with Crippen LogP contribution in [0.5, 0.6) is 0 Å². The first-order chi connectivity index (χ1) is 14.0. The number of hydrogen-bond donors (Lipinski definition) is 2. The van der Waals surface area contributed by atoms with Crippen molar-refractivity contribution in [3.05, 3.63) is 42.2 Å². The Kier molecular flexibility index (Phi) is 4.83. The van der Waals surface area contributed by atoms with E-state index in [-0.39, 0.29) is 0 Å². The van der Waals surface area contributed by atoms with Gasteiger partial charge >= 0.3 is 0 Å². The molecular weight excluding hydrogens is 370 g/mol. The van der Waals surface area contributed by atoms with Crippen LogP contribution in [0.2, 0.25) is 0 Å². The predicted molar refractivity (Wildman–Crippen MR) is 111 cm³/mol. The Morgan fingerprint density at radius 2 is 2.17 bits per heavy atom. The molecule has 3 aromatic rings. The lowest BCUT2D eigenvalue weighted by atomic mass is 9.83. The van der Waals surface area contributed by atoms with Gasteiger partial charge < -0.3 is 14.8 Å². The Balaban J connectivity index is 1.72. The SMILES string of the molecule is C=C(OC)C1(OC)CC=C(c2nc(Nc3cc(C)[nH]n3)c3cnn(C)c3n2)CC1. The van der Waals surface area contributed by atoms with E-state index in [1.807, 2.05) is 20.0 Å². The molecule has 3 aromatic heterocycles. The van der Waals surface area contributed by atoms with Gasteiger partial charge in [0.15, 0.2) is 17.3 Å². The van der Waals surface area contributed by atoms with Crippen molar-refractivity contribution in [2.24, 2.45) is 7.05 Å². The summed E-state index contributed by atoms with van der Waals surface area (Å²) in [5.74, 6) is 2.68. The van der Waals surface area contributed by atoms with Crippen molar-refractivity contribution < 1.29 is 9.47 Å². The van der Waals surface area contributed by atoms with Crippen molar-refractivity contribution in [3.8, 4) is 0 Å². The molecule has 4 rings (SSSR count). The van der Waals surface area contributed by atoms with E-state index in [0.29, 0.717) is 29.6 Å². The maximum Gasteiger partial charge on any atom is 0.163 e. The lowest BCUT2D eigenvalue weighted by molar-refractivity contribution is -0.0237. The second-order valence-electron chi connectivity index (χ2n) is 7.22. The highest BCUT2D eigenvalue weighted by molar-refractivity contribution is 5.89. The summed E-state index contributed by atoms with van der Waals surface area (Å²) in [5.41, 5.74) is 2.28. The molecule has 3 heterocycles. The zero-order valence-electron chi connectivity index (χ0n) is 17.1. The average Bonchev–Trinajstić information content (AvgIpc) is 3.33. The predicted octanol–water partition coefficient (Wildman–Crippen LogP) is 3.25. The number of methoxy groups -OCH3 is 2. The van der Waals surface area contributed by atoms with Gasteiger partial charge in [0, 0.05) is 32.3 Å². The standard InChI is InChI=1S/C20H25N7O2/c1-12-10-16(26-25-12)22-18-15-11-21-27(3)19(15)24-17(23-18)14-6-8-20(29-5,9-7-14)13(2)28-4/h6,10-11H,2,7-9H2,1,3-5H3,(H2,22,23,24,25,26). The molecule has 1 atom stereocenters. The number of aromatic nitrogens is 6. The molecule has 1 unspecified atom stereocenters. The van der Waals surface area contributed by atoms with Gasteiger partial charge in [0.25, 0.3) is 0 Å². The number of nitrogens with one attached hydrogen (secondary N) is 2. The number of aryl methyl sites for hydroxylation is 2. The molecule has 0 aliphatic heterocycles. The van der Waals surface area contributed by atoms with Gasteiger partial charge in [0.2, 0.25) is 0 Å². The molecule has 0 spiro atoms. The highest BCUT2D eigenvalue weighted by Crippen LogP contribution is 2.39. The van der Waals surface area contributed by atoms with Crippen LogP contribution in [0.15, 0.2) is 30.7 Å². The van der Waals surface area contributed by atoms with Crippen molar-refractivity contribution in [2.75, 3.05) is 19.5 Å². The fourth-order valence-electron chi connectivity index (χ4n) is 3.63. The molecule has 0 fully saturated rings. The third kappa shape index (κ3) is 3.38. The second kappa shape index (κ2) is 7.32. The fourth-order valence-corrected chi connectivity index (χ4v) is 3.63. The number of anilines is 2. The Morgan fingerprint density at radius 1 is 1.34 bits per heavy atom. The molecule has 152 valence electrons. The van der Waals surface area contributed by atoms with Gasteiger partial charge in [-0.25, -0.2) is 9.97 Å². The summed E-state index contributed by atoms with van der Waals surface area (Å²) in [5, 5.41) is 15.6. The van der Waals surface area contributed by atoms with Gasteiger partial charge in [-0.15, -0.1) is 0 Å². The normalized spacial score (nSPS) is 19.2. The number of ether oxygens (including phenoxy) is 2. The van der Waals surface area contributed by atoms with Crippen molar-refractivity contribution >= 4 is 28.2 Å². The molecule has 0 radical (unpaired) electrons. The van der Waals surface area contributed by atoms with E-state index in [4.69, 9.17) is 19.4 Å². The number of fused-ring (bicyclic) bond motifs is 1. The zero-order valence-corrected chi connectivity index (χ0v) is 17.1. The number of rotatable bonds is 6. The molecule has 0 bridgehead atoms. The summed E-state index contributed by atoms with van der Waals surface area (Å²) < 4.78 is 12.9. The molecule has 9 nitrogen and oxygen atoms in total. The number of nitrogens with zero attached hydrogens (tertiary/aromatic N) is 5. The maximum atomic E-state index is 5.75. The Morgan fingerprint density at radius 3 is 2.79 bits per heavy atom. The minimum absolute atomic E-state index is 0.511. The quantitative estimate of drug-likeness (QED) is 0.618. The molecule has 9 heteroatoms. The van der Waals surface area contributed by atoms with Crippen LogP contribution in [0.1, 0.15) is 30.8 Å².